The van der Waals surface area contributed by atoms with Gasteiger partial charge in [-0.3, -0.25) is 0 Å². The third kappa shape index (κ3) is 8.89. The second-order valence-corrected chi connectivity index (χ2v) is 10.7. The Labute approximate surface area is 188 Å². The normalized spacial score (nSPS) is 44.6. The zero-order chi connectivity index (χ0) is 21.3. The third-order valence-corrected chi connectivity index (χ3v) is 5.33. The van der Waals surface area contributed by atoms with Crippen molar-refractivity contribution in [1.82, 2.24) is 0 Å². The summed E-state index contributed by atoms with van der Waals surface area (Å²) >= 11 is 4.51. The van der Waals surface area contributed by atoms with Gasteiger partial charge in [0.25, 0.3) is 0 Å². The van der Waals surface area contributed by atoms with Crippen molar-refractivity contribution in [2.75, 3.05) is 13.2 Å². The van der Waals surface area contributed by atoms with Gasteiger partial charge in [-0.1, -0.05) is 0 Å². The molecule has 0 aromatic carbocycles. The maximum absolute atomic E-state index is 9.22. The van der Waals surface area contributed by atoms with Crippen LogP contribution in [-0.2, 0) is 26.0 Å². The first-order chi connectivity index (χ1) is 12.6. The fourth-order valence-electron chi connectivity index (χ4n) is 2.13. The second-order valence-electron chi connectivity index (χ2n) is 5.44. The van der Waals surface area contributed by atoms with E-state index in [9.17, 15) is 30.6 Å². The van der Waals surface area contributed by atoms with Crippen LogP contribution in [0.3, 0.4) is 0 Å². The van der Waals surface area contributed by atoms with Crippen LogP contribution < -0.4 is 0 Å². The van der Waals surface area contributed by atoms with Crippen LogP contribution in [0.25, 0.3) is 0 Å². The van der Waals surface area contributed by atoms with Crippen molar-refractivity contribution in [3.63, 3.8) is 0 Å². The molecule has 0 amide bonds. The summed E-state index contributed by atoms with van der Waals surface area (Å²) in [4.78, 5) is 0. The fourth-order valence-corrected chi connectivity index (χ4v) is 3.41. The topological polar surface area (TPSA) is 180 Å². The van der Waals surface area contributed by atoms with E-state index in [0.717, 1.165) is 0 Å². The van der Waals surface area contributed by atoms with Crippen molar-refractivity contribution in [1.29, 1.82) is 0 Å². The Kier molecular flexibility index (Phi) is 15.9. The molecule has 0 spiro atoms. The van der Waals surface area contributed by atoms with Gasteiger partial charge in [-0.05, 0) is 0 Å². The van der Waals surface area contributed by atoms with Crippen LogP contribution >= 0.6 is 18.8 Å². The van der Waals surface area contributed by atoms with Crippen LogP contribution in [0.15, 0.2) is 0 Å². The van der Waals surface area contributed by atoms with Gasteiger partial charge in [0.2, 0.25) is 0 Å². The summed E-state index contributed by atoms with van der Waals surface area (Å²) in [5.74, 6) is 0. The summed E-state index contributed by atoms with van der Waals surface area (Å²) in [6, 6.07) is 0. The van der Waals surface area contributed by atoms with Gasteiger partial charge in [0.05, 0.1) is 0 Å². The molecule has 10 nitrogen and oxygen atoms in total. The first-order valence-corrected chi connectivity index (χ1v) is 14.9. The second kappa shape index (κ2) is 14.8. The number of hydrogen-bond donors (Lipinski definition) is 8. The van der Waals surface area contributed by atoms with Crippen molar-refractivity contribution >= 4 is 50.9 Å². The molecule has 15 heteroatoms. The van der Waals surface area contributed by atoms with Crippen LogP contribution in [0, 0.1) is 0 Å². The van der Waals surface area contributed by atoms with E-state index in [2.05, 4.69) is 32.0 Å². The number of halogens is 2. The number of ether oxygens (including phenoxy) is 2. The summed E-state index contributed by atoms with van der Waals surface area (Å²) in [5.41, 5.74) is 0. The van der Waals surface area contributed by atoms with E-state index < -0.39 is 75.3 Å². The Hall–Kier alpha value is 1.91. The van der Waals surface area contributed by atoms with Crippen LogP contribution in [0.1, 0.15) is 0 Å². The van der Waals surface area contributed by atoms with Crippen LogP contribution in [0.4, 0.5) is 0 Å². The summed E-state index contributed by atoms with van der Waals surface area (Å²) in [7, 11) is 9.75. The maximum atomic E-state index is 9.22. The monoisotopic (exact) mass is 751 g/mol. The molecule has 2 aliphatic heterocycles. The molecule has 2 unspecified atom stereocenters. The average Bonchev–Trinajstić information content (AvgIpc) is 2.65. The molecule has 0 aliphatic carbocycles. The van der Waals surface area contributed by atoms with E-state index in [1.54, 1.807) is 0 Å². The van der Waals surface area contributed by atoms with Crippen molar-refractivity contribution < 1.29 is 66.8 Å². The Bertz CT molecular complexity index is 364. The quantitative estimate of drug-likeness (QED) is 0.128. The summed E-state index contributed by atoms with van der Waals surface area (Å²) in [6.07, 6.45) is -9.01. The standard InChI is InChI=1S/2C6H11O5Se.2ClH.Pt/c2*7-1-2-3(8)4(9)5(10)6(12)11-2;;;/h2*2-10H,1H2;2*1H;/q;;;;+2/p-2/t2*2-,3-,4+,5+,6?;;;/m11.../s1. The molecular weight excluding hydrogens is 728 g/mol. The van der Waals surface area contributed by atoms with Crippen LogP contribution in [-0.4, -0.2) is 145 Å². The van der Waals surface area contributed by atoms with Crippen LogP contribution in [0.2, 0.25) is 0 Å². The average molecular weight is 750 g/mol. The molecule has 2 aliphatic rings. The minimum atomic E-state index is -1.28. The van der Waals surface area contributed by atoms with Gasteiger partial charge < -0.3 is 0 Å². The fraction of sp³-hybridized carbons (Fsp3) is 1.00. The molecule has 2 heterocycles. The minimum absolute atomic E-state index is 0.386. The van der Waals surface area contributed by atoms with Gasteiger partial charge in [0.15, 0.2) is 0 Å². The van der Waals surface area contributed by atoms with E-state index in [-0.39, 0.29) is 13.2 Å². The van der Waals surface area contributed by atoms with Crippen molar-refractivity contribution in [2.45, 2.75) is 58.8 Å². The zero-order valence-corrected chi connectivity index (χ0v) is 20.7. The van der Waals surface area contributed by atoms with Crippen molar-refractivity contribution in [3.8, 4) is 0 Å². The Morgan fingerprint density at radius 3 is 1.11 bits per heavy atom. The van der Waals surface area contributed by atoms with E-state index in [4.69, 9.17) is 38.5 Å². The molecule has 0 aromatic heterocycles. The van der Waals surface area contributed by atoms with Gasteiger partial charge in [0.1, 0.15) is 0 Å². The molecule has 10 atom stereocenters. The summed E-state index contributed by atoms with van der Waals surface area (Å²) in [6.45, 7) is -0.772. The first kappa shape index (κ1) is 28.9. The van der Waals surface area contributed by atoms with Crippen LogP contribution in [0.5, 0.6) is 0 Å². The van der Waals surface area contributed by atoms with E-state index in [1.807, 2.05) is 0 Å². The van der Waals surface area contributed by atoms with Gasteiger partial charge in [0, 0.05) is 0 Å². The predicted octanol–water partition coefficient (Wildman–Crippen LogP) is -4.71. The molecule has 0 aromatic rings. The Morgan fingerprint density at radius 2 is 0.889 bits per heavy atom. The molecule has 27 heavy (non-hydrogen) atoms. The SMILES string of the molecule is OC[C@H]1OC([Se])[C@@H](O)[C@@H](O)[C@@H]1O.OC[C@H]1OC([Se])[C@@H](O)[C@@H](O)[C@@H]1O.[Cl][Pt][Cl]. The van der Waals surface area contributed by atoms with E-state index >= 15 is 0 Å². The van der Waals surface area contributed by atoms with E-state index in [0.29, 0.717) is 0 Å². The number of hydrogen-bond acceptors (Lipinski definition) is 10. The van der Waals surface area contributed by atoms with Gasteiger partial charge in [-0.25, -0.2) is 0 Å². The molecular formula is C12H22Cl2O10PtSe2. The molecule has 2 saturated heterocycles. The van der Waals surface area contributed by atoms with Gasteiger partial charge >= 0.3 is 190 Å². The third-order valence-electron chi connectivity index (χ3n) is 3.70. The number of aliphatic hydroxyl groups excluding tert-OH is 8. The summed E-state index contributed by atoms with van der Waals surface area (Å²) < 4.78 is 9.93. The number of aliphatic hydroxyl groups is 8. The first-order valence-electron chi connectivity index (χ1n) is 7.32. The zero-order valence-electron chi connectivity index (χ0n) is 13.5. The molecule has 166 valence electrons. The summed E-state index contributed by atoms with van der Waals surface area (Å²) in [5, 5.41) is 71.2. The van der Waals surface area contributed by atoms with E-state index in [1.165, 1.54) is 0 Å². The molecule has 0 saturated carbocycles. The molecule has 2 rings (SSSR count). The Balaban J connectivity index is 0.000000438. The van der Waals surface area contributed by atoms with Gasteiger partial charge in [-0.2, -0.15) is 0 Å². The van der Waals surface area contributed by atoms with Gasteiger partial charge in [-0.15, -0.1) is 0 Å². The Morgan fingerprint density at radius 1 is 0.630 bits per heavy atom. The molecule has 2 fully saturated rings. The molecule has 0 bridgehead atoms. The molecule has 8 N–H and O–H groups in total. The predicted molar refractivity (Wildman–Crippen MR) is 90.7 cm³/mol. The van der Waals surface area contributed by atoms with Crippen molar-refractivity contribution in [2.24, 2.45) is 0 Å². The molecule has 2 radical (unpaired) electrons. The van der Waals surface area contributed by atoms with Crippen molar-refractivity contribution in [3.05, 3.63) is 0 Å². The number of rotatable bonds is 2.